The summed E-state index contributed by atoms with van der Waals surface area (Å²) in [4.78, 5) is 8.03. The molecule has 122 valence electrons. The van der Waals surface area contributed by atoms with E-state index in [1.54, 1.807) is 17.8 Å². The van der Waals surface area contributed by atoms with Crippen molar-refractivity contribution in [3.05, 3.63) is 60.9 Å². The number of H-pyrrole nitrogens is 2. The molecule has 0 unspecified atom stereocenters. The van der Waals surface area contributed by atoms with Gasteiger partial charge in [-0.3, -0.25) is 0 Å². The number of aromatic amines is 2. The highest BCUT2D eigenvalue weighted by atomic mass is 32.2. The van der Waals surface area contributed by atoms with Gasteiger partial charge < -0.3 is 15.1 Å². The average Bonchev–Trinajstić information content (AvgIpc) is 3.24. The Balaban J connectivity index is 1.95. The molecule has 5 rings (SSSR count). The van der Waals surface area contributed by atoms with E-state index in [1.807, 2.05) is 18.3 Å². The van der Waals surface area contributed by atoms with Crippen molar-refractivity contribution in [1.82, 2.24) is 9.97 Å². The van der Waals surface area contributed by atoms with Gasteiger partial charge in [-0.1, -0.05) is 18.2 Å². The molecule has 0 aliphatic rings. The Morgan fingerprint density at radius 2 is 1.68 bits per heavy atom. The van der Waals surface area contributed by atoms with Crippen LogP contribution in [0.1, 0.15) is 0 Å². The summed E-state index contributed by atoms with van der Waals surface area (Å²) in [6.45, 7) is 0. The highest BCUT2D eigenvalue weighted by molar-refractivity contribution is 7.98. The van der Waals surface area contributed by atoms with Crippen LogP contribution in [-0.2, 0) is 0 Å². The third kappa shape index (κ3) is 2.07. The van der Waals surface area contributed by atoms with Crippen molar-refractivity contribution < 1.29 is 5.11 Å². The number of hydrogen-bond donors (Lipinski definition) is 3. The maximum absolute atomic E-state index is 9.91. The zero-order chi connectivity index (χ0) is 17.0. The van der Waals surface area contributed by atoms with Crippen LogP contribution in [0.25, 0.3) is 43.7 Å². The second kappa shape index (κ2) is 5.33. The first-order valence-corrected chi connectivity index (χ1v) is 9.36. The quantitative estimate of drug-likeness (QED) is 0.349. The first-order valence-electron chi connectivity index (χ1n) is 8.13. The first-order chi connectivity index (χ1) is 12.3. The molecule has 0 saturated carbocycles. The summed E-state index contributed by atoms with van der Waals surface area (Å²) >= 11 is 1.76. The van der Waals surface area contributed by atoms with Crippen molar-refractivity contribution >= 4 is 44.3 Å². The van der Waals surface area contributed by atoms with E-state index in [4.69, 9.17) is 0 Å². The van der Waals surface area contributed by atoms with E-state index in [0.717, 1.165) is 21.8 Å². The molecule has 0 bridgehead atoms. The molecule has 0 saturated heterocycles. The summed E-state index contributed by atoms with van der Waals surface area (Å²) in [5.74, 6) is 0.286. The zero-order valence-corrected chi connectivity index (χ0v) is 14.4. The largest absolute Gasteiger partial charge is 0.508 e. The molecule has 0 aliphatic heterocycles. The van der Waals surface area contributed by atoms with E-state index in [2.05, 4.69) is 52.8 Å². The van der Waals surface area contributed by atoms with Gasteiger partial charge in [0.25, 0.3) is 0 Å². The van der Waals surface area contributed by atoms with Gasteiger partial charge in [-0.15, -0.1) is 11.8 Å². The molecule has 0 aliphatic carbocycles. The normalized spacial score (nSPS) is 11.7. The Morgan fingerprint density at radius 3 is 2.56 bits per heavy atom. The second-order valence-corrected chi connectivity index (χ2v) is 7.03. The minimum atomic E-state index is 0.286. The van der Waals surface area contributed by atoms with Gasteiger partial charge in [0.2, 0.25) is 0 Å². The maximum atomic E-state index is 9.91. The summed E-state index contributed by atoms with van der Waals surface area (Å²) in [6.07, 6.45) is 6.21. The fraction of sp³-hybridized carbons (Fsp3) is 0.0476. The van der Waals surface area contributed by atoms with Crippen molar-refractivity contribution in [2.24, 2.45) is 0 Å². The molecule has 0 atom stereocenters. The highest BCUT2D eigenvalue weighted by Gasteiger charge is 2.15. The molecule has 3 aromatic carbocycles. The lowest BCUT2D eigenvalue weighted by Gasteiger charge is -2.10. The molecule has 0 radical (unpaired) electrons. The minimum absolute atomic E-state index is 0.286. The van der Waals surface area contributed by atoms with Crippen LogP contribution < -0.4 is 0 Å². The second-order valence-electron chi connectivity index (χ2n) is 6.18. The summed E-state index contributed by atoms with van der Waals surface area (Å²) < 4.78 is 0. The van der Waals surface area contributed by atoms with Crippen molar-refractivity contribution in [3.8, 4) is 16.9 Å². The lowest BCUT2D eigenvalue weighted by molar-refractivity contribution is 0.476. The third-order valence-corrected chi connectivity index (χ3v) is 5.60. The topological polar surface area (TPSA) is 51.8 Å². The average molecular weight is 344 g/mol. The third-order valence-electron chi connectivity index (χ3n) is 4.80. The SMILES string of the molecule is CSc1ccccc1-c1cc2[nH]c3ccc(O)cc3c2c2c[nH]cc12. The summed E-state index contributed by atoms with van der Waals surface area (Å²) in [5, 5.41) is 14.5. The van der Waals surface area contributed by atoms with Crippen LogP contribution in [0.5, 0.6) is 5.75 Å². The fourth-order valence-electron chi connectivity index (χ4n) is 3.70. The standard InChI is InChI=1S/C21H16N2OS/c1-25-20-5-3-2-4-13(20)14-9-19-21(17-11-22-10-16(14)17)15-8-12(24)6-7-18(15)23-19/h2-11,22-24H,1H3. The number of fused-ring (bicyclic) bond motifs is 5. The van der Waals surface area contributed by atoms with Gasteiger partial charge >= 0.3 is 0 Å². The van der Waals surface area contributed by atoms with E-state index < -0.39 is 0 Å². The number of hydrogen-bond acceptors (Lipinski definition) is 2. The summed E-state index contributed by atoms with van der Waals surface area (Å²) in [7, 11) is 0. The molecular formula is C21H16N2OS. The Kier molecular flexibility index (Phi) is 3.09. The number of benzene rings is 3. The summed E-state index contributed by atoms with van der Waals surface area (Å²) in [6, 6.07) is 16.2. The van der Waals surface area contributed by atoms with Gasteiger partial charge in [-0.25, -0.2) is 0 Å². The zero-order valence-electron chi connectivity index (χ0n) is 13.6. The van der Waals surface area contributed by atoms with Gasteiger partial charge in [0.15, 0.2) is 0 Å². The first kappa shape index (κ1) is 14.5. The maximum Gasteiger partial charge on any atom is 0.116 e. The van der Waals surface area contributed by atoms with Crippen LogP contribution >= 0.6 is 11.8 Å². The Morgan fingerprint density at radius 1 is 0.840 bits per heavy atom. The van der Waals surface area contributed by atoms with Crippen LogP contribution in [-0.4, -0.2) is 21.3 Å². The van der Waals surface area contributed by atoms with Crippen molar-refractivity contribution in [3.63, 3.8) is 0 Å². The van der Waals surface area contributed by atoms with Gasteiger partial charge in [0.1, 0.15) is 5.75 Å². The lowest BCUT2D eigenvalue weighted by Crippen LogP contribution is -1.84. The van der Waals surface area contributed by atoms with Gasteiger partial charge in [0.05, 0.1) is 0 Å². The Bertz CT molecular complexity index is 1250. The van der Waals surface area contributed by atoms with E-state index >= 15 is 0 Å². The van der Waals surface area contributed by atoms with E-state index in [1.165, 1.54) is 26.8 Å². The fourth-order valence-corrected chi connectivity index (χ4v) is 4.32. The van der Waals surface area contributed by atoms with Crippen LogP contribution in [0.2, 0.25) is 0 Å². The van der Waals surface area contributed by atoms with Gasteiger partial charge in [0, 0.05) is 49.9 Å². The Hall–Kier alpha value is -2.85. The molecule has 2 aromatic heterocycles. The molecule has 0 spiro atoms. The number of thioether (sulfide) groups is 1. The lowest BCUT2D eigenvalue weighted by atomic mass is 9.97. The number of aromatic nitrogens is 2. The predicted octanol–water partition coefficient (Wildman–Crippen LogP) is 5.90. The van der Waals surface area contributed by atoms with Crippen LogP contribution in [0.3, 0.4) is 0 Å². The Labute approximate surface area is 148 Å². The number of phenolic OH excluding ortho intramolecular Hbond substituents is 1. The molecule has 0 fully saturated rings. The molecule has 5 aromatic rings. The van der Waals surface area contributed by atoms with Gasteiger partial charge in [-0.05, 0) is 47.7 Å². The van der Waals surface area contributed by atoms with Crippen molar-refractivity contribution in [1.29, 1.82) is 0 Å². The monoisotopic (exact) mass is 344 g/mol. The molecular weight excluding hydrogens is 328 g/mol. The minimum Gasteiger partial charge on any atom is -0.508 e. The molecule has 0 amide bonds. The van der Waals surface area contributed by atoms with E-state index in [0.29, 0.717) is 0 Å². The molecule has 3 N–H and O–H groups in total. The number of nitrogens with one attached hydrogen (secondary N) is 2. The smallest absolute Gasteiger partial charge is 0.116 e. The van der Waals surface area contributed by atoms with E-state index in [-0.39, 0.29) is 5.75 Å². The van der Waals surface area contributed by atoms with Crippen molar-refractivity contribution in [2.45, 2.75) is 4.90 Å². The number of aromatic hydroxyl groups is 1. The predicted molar refractivity (Wildman–Crippen MR) is 107 cm³/mol. The molecule has 3 nitrogen and oxygen atoms in total. The van der Waals surface area contributed by atoms with Crippen LogP contribution in [0, 0.1) is 0 Å². The molecule has 4 heteroatoms. The van der Waals surface area contributed by atoms with Gasteiger partial charge in [-0.2, -0.15) is 0 Å². The van der Waals surface area contributed by atoms with Crippen molar-refractivity contribution in [2.75, 3.05) is 6.26 Å². The van der Waals surface area contributed by atoms with Crippen LogP contribution in [0.4, 0.5) is 0 Å². The van der Waals surface area contributed by atoms with Crippen LogP contribution in [0.15, 0.2) is 65.8 Å². The number of phenols is 1. The highest BCUT2D eigenvalue weighted by Crippen LogP contribution is 2.41. The van der Waals surface area contributed by atoms with E-state index in [9.17, 15) is 5.11 Å². The molecule has 25 heavy (non-hydrogen) atoms. The molecule has 2 heterocycles. The summed E-state index contributed by atoms with van der Waals surface area (Å²) in [5.41, 5.74) is 4.57. The number of rotatable bonds is 2.